The van der Waals surface area contributed by atoms with E-state index in [0.29, 0.717) is 15.0 Å². The first-order valence-electron chi connectivity index (χ1n) is 7.10. The maximum Gasteiger partial charge on any atom is 0.186 e. The van der Waals surface area contributed by atoms with E-state index in [0.717, 1.165) is 29.8 Å². The lowest BCUT2D eigenvalue weighted by Crippen LogP contribution is -2.34. The lowest BCUT2D eigenvalue weighted by molar-refractivity contribution is 0.325. The molecule has 124 valence electrons. The van der Waals surface area contributed by atoms with Crippen LogP contribution in [0.5, 0.6) is 0 Å². The van der Waals surface area contributed by atoms with E-state index in [2.05, 4.69) is 11.5 Å². The van der Waals surface area contributed by atoms with Gasteiger partial charge >= 0.3 is 0 Å². The standard InChI is InChI=1S/C17H19Cl2NO2S/c1-11(18)7-15-16(12(2)19)9-20(3)10-17(15)13-5-4-6-14(8-13)23(21)22/h4-8,17H,1,9-10H2,2-3H3,(H,21,22)/b15-7?,16-12+/t17-/m0/s1. The zero-order valence-electron chi connectivity index (χ0n) is 13.1. The summed E-state index contributed by atoms with van der Waals surface area (Å²) in [6, 6.07) is 7.13. The van der Waals surface area contributed by atoms with Crippen molar-refractivity contribution >= 4 is 34.3 Å². The Hall–Kier alpha value is -0.910. The SMILES string of the molecule is C=C(Cl)C=C1/C(=C(\C)Cl)CN(C)C[C@H]1c1cccc(S(=O)O)c1. The molecule has 2 rings (SSSR count). The Balaban J connectivity index is 2.56. The fourth-order valence-corrected chi connectivity index (χ4v) is 3.55. The van der Waals surface area contributed by atoms with Crippen LogP contribution in [0.2, 0.25) is 0 Å². The number of nitrogens with zero attached hydrogens (tertiary/aromatic N) is 1. The van der Waals surface area contributed by atoms with Gasteiger partial charge in [0.25, 0.3) is 0 Å². The highest BCUT2D eigenvalue weighted by atomic mass is 35.5. The Morgan fingerprint density at radius 2 is 2.17 bits per heavy atom. The third-order valence-electron chi connectivity index (χ3n) is 3.84. The first-order chi connectivity index (χ1) is 10.8. The second kappa shape index (κ2) is 7.77. The van der Waals surface area contributed by atoms with Gasteiger partial charge in [0.15, 0.2) is 11.1 Å². The van der Waals surface area contributed by atoms with Gasteiger partial charge in [-0.2, -0.15) is 0 Å². The van der Waals surface area contributed by atoms with Crippen LogP contribution < -0.4 is 0 Å². The average Bonchev–Trinajstić information content (AvgIpc) is 2.48. The Kier molecular flexibility index (Phi) is 6.23. The van der Waals surface area contributed by atoms with E-state index in [1.807, 2.05) is 26.1 Å². The second-order valence-corrected chi connectivity index (χ2v) is 7.65. The fourth-order valence-electron chi connectivity index (χ4n) is 2.84. The largest absolute Gasteiger partial charge is 0.302 e. The summed E-state index contributed by atoms with van der Waals surface area (Å²) < 4.78 is 20.7. The van der Waals surface area contributed by atoms with Crippen molar-refractivity contribution in [2.75, 3.05) is 20.1 Å². The highest BCUT2D eigenvalue weighted by molar-refractivity contribution is 7.79. The van der Waals surface area contributed by atoms with Gasteiger partial charge in [-0.1, -0.05) is 41.9 Å². The Morgan fingerprint density at radius 3 is 2.74 bits per heavy atom. The van der Waals surface area contributed by atoms with Gasteiger partial charge in [0.05, 0.1) is 4.90 Å². The summed E-state index contributed by atoms with van der Waals surface area (Å²) in [4.78, 5) is 2.55. The molecular formula is C17H19Cl2NO2S. The van der Waals surface area contributed by atoms with Crippen LogP contribution >= 0.6 is 23.2 Å². The number of halogens is 2. The minimum Gasteiger partial charge on any atom is -0.302 e. The van der Waals surface area contributed by atoms with E-state index in [9.17, 15) is 8.76 Å². The molecule has 1 aliphatic rings. The Morgan fingerprint density at radius 1 is 1.48 bits per heavy atom. The molecule has 1 aromatic carbocycles. The van der Waals surface area contributed by atoms with Gasteiger partial charge < -0.3 is 9.45 Å². The molecular weight excluding hydrogens is 353 g/mol. The van der Waals surface area contributed by atoms with Gasteiger partial charge in [0.1, 0.15) is 0 Å². The molecule has 0 bridgehead atoms. The number of hydrogen-bond donors (Lipinski definition) is 1. The predicted molar refractivity (Wildman–Crippen MR) is 97.3 cm³/mol. The van der Waals surface area contributed by atoms with Crippen molar-refractivity contribution in [3.63, 3.8) is 0 Å². The van der Waals surface area contributed by atoms with Crippen LogP contribution in [-0.2, 0) is 11.1 Å². The first kappa shape index (κ1) is 18.4. The molecule has 1 saturated heterocycles. The normalized spacial score (nSPS) is 24.6. The van der Waals surface area contributed by atoms with Crippen molar-refractivity contribution in [2.45, 2.75) is 17.7 Å². The highest BCUT2D eigenvalue weighted by Crippen LogP contribution is 2.38. The van der Waals surface area contributed by atoms with E-state index in [4.69, 9.17) is 23.2 Å². The molecule has 1 unspecified atom stereocenters. The summed E-state index contributed by atoms with van der Waals surface area (Å²) in [5, 5.41) is 1.15. The molecule has 1 aromatic rings. The topological polar surface area (TPSA) is 40.5 Å². The summed E-state index contributed by atoms with van der Waals surface area (Å²) in [7, 11) is 2.02. The summed E-state index contributed by atoms with van der Waals surface area (Å²) in [6.45, 7) is 7.11. The van der Waals surface area contributed by atoms with Gasteiger partial charge in [0.2, 0.25) is 0 Å². The van der Waals surface area contributed by atoms with Crippen LogP contribution in [0, 0.1) is 0 Å². The minimum absolute atomic E-state index is 0.0106. The van der Waals surface area contributed by atoms with Crippen LogP contribution in [0.4, 0.5) is 0 Å². The molecule has 23 heavy (non-hydrogen) atoms. The number of rotatable bonds is 3. The van der Waals surface area contributed by atoms with Crippen LogP contribution in [0.15, 0.2) is 63.0 Å². The number of likely N-dealkylation sites (tertiary alicyclic amines) is 1. The van der Waals surface area contributed by atoms with Gasteiger partial charge in [-0.05, 0) is 48.9 Å². The van der Waals surface area contributed by atoms with Crippen LogP contribution in [0.1, 0.15) is 18.4 Å². The molecule has 0 amide bonds. The minimum atomic E-state index is -2.01. The van der Waals surface area contributed by atoms with Crippen molar-refractivity contribution in [1.29, 1.82) is 0 Å². The molecule has 1 heterocycles. The van der Waals surface area contributed by atoms with Crippen LogP contribution in [0.25, 0.3) is 0 Å². The third kappa shape index (κ3) is 4.55. The quantitative estimate of drug-likeness (QED) is 0.795. The molecule has 1 aliphatic heterocycles. The number of benzene rings is 1. The summed E-state index contributed by atoms with van der Waals surface area (Å²) in [5.74, 6) is 0.0106. The maximum absolute atomic E-state index is 11.4. The molecule has 0 aromatic heterocycles. The van der Waals surface area contributed by atoms with Gasteiger partial charge in [-0.15, -0.1) is 0 Å². The van der Waals surface area contributed by atoms with Crippen molar-refractivity contribution in [2.24, 2.45) is 0 Å². The second-order valence-electron chi connectivity index (χ2n) is 5.63. The van der Waals surface area contributed by atoms with Gasteiger partial charge in [-0.25, -0.2) is 4.21 Å². The predicted octanol–water partition coefficient (Wildman–Crippen LogP) is 4.49. The molecule has 2 atom stereocenters. The summed E-state index contributed by atoms with van der Waals surface area (Å²) >= 11 is 10.3. The number of piperidine rings is 1. The van der Waals surface area contributed by atoms with E-state index < -0.39 is 11.1 Å². The van der Waals surface area contributed by atoms with Crippen molar-refractivity contribution in [3.05, 3.63) is 63.7 Å². The number of hydrogen-bond acceptors (Lipinski definition) is 2. The Labute approximate surface area is 149 Å². The van der Waals surface area contributed by atoms with Gasteiger partial charge in [-0.3, -0.25) is 0 Å². The van der Waals surface area contributed by atoms with E-state index in [-0.39, 0.29) is 5.92 Å². The number of likely N-dealkylation sites (N-methyl/N-ethyl adjacent to an activating group) is 1. The van der Waals surface area contributed by atoms with Crippen molar-refractivity contribution in [3.8, 4) is 0 Å². The van der Waals surface area contributed by atoms with E-state index >= 15 is 0 Å². The zero-order valence-corrected chi connectivity index (χ0v) is 15.4. The zero-order chi connectivity index (χ0) is 17.1. The molecule has 0 radical (unpaired) electrons. The molecule has 3 nitrogen and oxygen atoms in total. The lowest BCUT2D eigenvalue weighted by atomic mass is 9.82. The Bertz CT molecular complexity index is 708. The molecule has 0 aliphatic carbocycles. The summed E-state index contributed by atoms with van der Waals surface area (Å²) in [6.07, 6.45) is 1.84. The van der Waals surface area contributed by atoms with Crippen molar-refractivity contribution < 1.29 is 8.76 Å². The van der Waals surface area contributed by atoms with Crippen LogP contribution in [0.3, 0.4) is 0 Å². The van der Waals surface area contributed by atoms with E-state index in [1.165, 1.54) is 0 Å². The van der Waals surface area contributed by atoms with E-state index in [1.54, 1.807) is 18.2 Å². The number of allylic oxidation sites excluding steroid dienone is 3. The highest BCUT2D eigenvalue weighted by Gasteiger charge is 2.28. The van der Waals surface area contributed by atoms with Crippen LogP contribution in [-0.4, -0.2) is 33.8 Å². The van der Waals surface area contributed by atoms with Crippen molar-refractivity contribution in [1.82, 2.24) is 4.90 Å². The van der Waals surface area contributed by atoms with Gasteiger partial charge in [0, 0.05) is 29.1 Å². The monoisotopic (exact) mass is 371 g/mol. The smallest absolute Gasteiger partial charge is 0.186 e. The fraction of sp³-hybridized carbons (Fsp3) is 0.294. The molecule has 1 N–H and O–H groups in total. The molecule has 0 spiro atoms. The summed E-state index contributed by atoms with van der Waals surface area (Å²) in [5.41, 5.74) is 2.98. The molecule has 0 saturated carbocycles. The maximum atomic E-state index is 11.4. The molecule has 1 fully saturated rings. The third-order valence-corrected chi connectivity index (χ3v) is 4.83. The average molecular weight is 372 g/mol. The lowest BCUT2D eigenvalue weighted by Gasteiger charge is -2.35. The molecule has 6 heteroatoms. The first-order valence-corrected chi connectivity index (χ1v) is 8.97.